The van der Waals surface area contributed by atoms with Gasteiger partial charge in [-0.05, 0) is 18.3 Å². The summed E-state index contributed by atoms with van der Waals surface area (Å²) in [7, 11) is 0. The molecule has 1 rings (SSSR count). The molecule has 1 aliphatic carbocycles. The van der Waals surface area contributed by atoms with Crippen molar-refractivity contribution in [2.45, 2.75) is 26.7 Å². The molecule has 0 spiro atoms. The zero-order chi connectivity index (χ0) is 12.1. The lowest BCUT2D eigenvalue weighted by Crippen LogP contribution is -2.13. The minimum absolute atomic E-state index is 0.145. The summed E-state index contributed by atoms with van der Waals surface area (Å²) in [6.45, 7) is 12.0. The van der Waals surface area contributed by atoms with Crippen LogP contribution < -0.4 is 0 Å². The molecule has 0 N–H and O–H groups in total. The van der Waals surface area contributed by atoms with E-state index in [0.717, 1.165) is 12.0 Å². The first kappa shape index (κ1) is 12.7. The fraction of sp³-hybridized carbons (Fsp3) is 0.400. The molecule has 0 radical (unpaired) electrons. The Bertz CT molecular complexity index is 356. The van der Waals surface area contributed by atoms with E-state index in [0.29, 0.717) is 17.9 Å². The summed E-state index contributed by atoms with van der Waals surface area (Å²) in [5.41, 5.74) is 1.68. The number of rotatable bonds is 1. The Labute approximate surface area is 98.2 Å². The van der Waals surface area contributed by atoms with E-state index in [4.69, 9.17) is 0 Å². The van der Waals surface area contributed by atoms with Gasteiger partial charge in [0.2, 0.25) is 0 Å². The molecule has 0 aromatic heterocycles. The fourth-order valence-electron chi connectivity index (χ4n) is 1.64. The number of ketones is 1. The van der Waals surface area contributed by atoms with E-state index in [1.807, 2.05) is 18.2 Å². The van der Waals surface area contributed by atoms with Gasteiger partial charge in [-0.25, -0.2) is 0 Å². The number of carbonyl (C=O) groups is 1. The Morgan fingerprint density at radius 1 is 1.31 bits per heavy atom. The normalized spacial score (nSPS) is 26.9. The molecule has 16 heavy (non-hydrogen) atoms. The van der Waals surface area contributed by atoms with Crippen LogP contribution in [0.25, 0.3) is 0 Å². The maximum atomic E-state index is 11.8. The molecule has 1 aliphatic rings. The molecule has 0 aliphatic heterocycles. The monoisotopic (exact) mass is 216 g/mol. The van der Waals surface area contributed by atoms with Crippen LogP contribution in [0.15, 0.2) is 48.6 Å². The van der Waals surface area contributed by atoms with Crippen LogP contribution in [-0.2, 0) is 4.79 Å². The molecule has 0 aromatic carbocycles. The number of carbonyl (C=O) groups excluding carboxylic acids is 1. The number of Topliss-reactive ketones (excluding diaryl/α,β-unsaturated/α-hetero) is 1. The van der Waals surface area contributed by atoms with Crippen molar-refractivity contribution < 1.29 is 4.79 Å². The van der Waals surface area contributed by atoms with Gasteiger partial charge in [0.1, 0.15) is 0 Å². The summed E-state index contributed by atoms with van der Waals surface area (Å²) in [6, 6.07) is 0. The maximum absolute atomic E-state index is 11.8. The average Bonchev–Trinajstić information content (AvgIpc) is 2.22. The molecule has 1 nitrogen and oxygen atoms in total. The minimum atomic E-state index is 0.145. The zero-order valence-electron chi connectivity index (χ0n) is 10.2. The van der Waals surface area contributed by atoms with Crippen LogP contribution in [0, 0.1) is 11.8 Å². The van der Waals surface area contributed by atoms with Crippen LogP contribution >= 0.6 is 0 Å². The molecule has 1 heteroatoms. The predicted molar refractivity (Wildman–Crippen MR) is 69.1 cm³/mol. The van der Waals surface area contributed by atoms with E-state index in [1.54, 1.807) is 0 Å². The lowest BCUT2D eigenvalue weighted by molar-refractivity contribution is -0.116. The fourth-order valence-corrected chi connectivity index (χ4v) is 1.64. The van der Waals surface area contributed by atoms with Gasteiger partial charge in [-0.1, -0.05) is 56.9 Å². The molecular weight excluding hydrogens is 196 g/mol. The highest BCUT2D eigenvalue weighted by atomic mass is 16.1. The largest absolute Gasteiger partial charge is 0.294 e. The van der Waals surface area contributed by atoms with Crippen LogP contribution in [0.5, 0.6) is 0 Å². The first-order chi connectivity index (χ1) is 7.50. The van der Waals surface area contributed by atoms with E-state index >= 15 is 0 Å². The highest BCUT2D eigenvalue weighted by Crippen LogP contribution is 2.21. The molecule has 0 amide bonds. The molecule has 0 aromatic rings. The van der Waals surface area contributed by atoms with Crippen molar-refractivity contribution in [2.24, 2.45) is 11.8 Å². The second-order valence-corrected chi connectivity index (χ2v) is 4.68. The lowest BCUT2D eigenvalue weighted by Gasteiger charge is -2.17. The van der Waals surface area contributed by atoms with Gasteiger partial charge in [0.05, 0.1) is 0 Å². The Kier molecular flexibility index (Phi) is 4.48. The van der Waals surface area contributed by atoms with E-state index < -0.39 is 0 Å². The highest BCUT2D eigenvalue weighted by molar-refractivity contribution is 5.97. The molecule has 1 unspecified atom stereocenters. The summed E-state index contributed by atoms with van der Waals surface area (Å²) >= 11 is 0. The first-order valence-electron chi connectivity index (χ1n) is 5.75. The Morgan fingerprint density at radius 2 is 2.00 bits per heavy atom. The molecule has 0 saturated heterocycles. The van der Waals surface area contributed by atoms with Crippen LogP contribution in [-0.4, -0.2) is 5.78 Å². The van der Waals surface area contributed by atoms with Crippen LogP contribution in [0.3, 0.4) is 0 Å². The van der Waals surface area contributed by atoms with E-state index in [1.165, 1.54) is 0 Å². The summed E-state index contributed by atoms with van der Waals surface area (Å²) in [5.74, 6) is 0.892. The summed E-state index contributed by atoms with van der Waals surface area (Å²) in [4.78, 5) is 11.8. The van der Waals surface area contributed by atoms with Gasteiger partial charge in [-0.15, -0.1) is 0 Å². The smallest absolute Gasteiger partial charge is 0.162 e. The van der Waals surface area contributed by atoms with Crippen molar-refractivity contribution >= 4 is 5.78 Å². The molecule has 0 fully saturated rings. The third-order valence-corrected chi connectivity index (χ3v) is 2.91. The van der Waals surface area contributed by atoms with E-state index in [9.17, 15) is 4.79 Å². The van der Waals surface area contributed by atoms with Gasteiger partial charge in [-0.2, -0.15) is 0 Å². The van der Waals surface area contributed by atoms with Crippen molar-refractivity contribution in [3.63, 3.8) is 0 Å². The Balaban J connectivity index is 2.90. The van der Waals surface area contributed by atoms with Gasteiger partial charge in [0, 0.05) is 12.0 Å². The van der Waals surface area contributed by atoms with Gasteiger partial charge < -0.3 is 0 Å². The third-order valence-electron chi connectivity index (χ3n) is 2.91. The average molecular weight is 216 g/mol. The molecule has 0 bridgehead atoms. The molecule has 0 heterocycles. The summed E-state index contributed by atoms with van der Waals surface area (Å²) < 4.78 is 0. The summed E-state index contributed by atoms with van der Waals surface area (Å²) in [6.07, 6.45) is 9.23. The first-order valence-corrected chi connectivity index (χ1v) is 5.75. The van der Waals surface area contributed by atoms with Crippen LogP contribution in [0.2, 0.25) is 0 Å². The second-order valence-electron chi connectivity index (χ2n) is 4.68. The minimum Gasteiger partial charge on any atom is -0.294 e. The Morgan fingerprint density at radius 3 is 2.62 bits per heavy atom. The van der Waals surface area contributed by atoms with Crippen molar-refractivity contribution in [3.8, 4) is 0 Å². The predicted octanol–water partition coefficient (Wildman–Crippen LogP) is 3.85. The molecule has 0 saturated carbocycles. The SMILES string of the molecule is C=C1/C=C/C(C(C)C)CC(=O)C(=C)/C=C/C1. The molecule has 1 atom stereocenters. The Hall–Kier alpha value is -1.37. The number of allylic oxidation sites excluding steroid dienone is 6. The van der Waals surface area contributed by atoms with E-state index in [-0.39, 0.29) is 11.7 Å². The van der Waals surface area contributed by atoms with Gasteiger partial charge in [0.15, 0.2) is 5.78 Å². The second kappa shape index (κ2) is 5.64. The summed E-state index contributed by atoms with van der Waals surface area (Å²) in [5, 5.41) is 0. The van der Waals surface area contributed by atoms with Gasteiger partial charge in [0.25, 0.3) is 0 Å². The highest BCUT2D eigenvalue weighted by Gasteiger charge is 2.16. The maximum Gasteiger partial charge on any atom is 0.162 e. The van der Waals surface area contributed by atoms with Crippen LogP contribution in [0.4, 0.5) is 0 Å². The van der Waals surface area contributed by atoms with Crippen molar-refractivity contribution in [3.05, 3.63) is 48.6 Å². The van der Waals surface area contributed by atoms with Crippen molar-refractivity contribution in [1.82, 2.24) is 0 Å². The van der Waals surface area contributed by atoms with E-state index in [2.05, 4.69) is 33.1 Å². The standard InChI is InChI=1S/C15H20O/c1-11(2)14-9-8-12(3)6-5-7-13(4)15(16)10-14/h5,7-9,11,14H,3-4,6,10H2,1-2H3/b7-5+,9-8+. The molecular formula is C15H20O. The molecule has 86 valence electrons. The quantitative estimate of drug-likeness (QED) is 0.608. The lowest BCUT2D eigenvalue weighted by atomic mass is 9.87. The van der Waals surface area contributed by atoms with Gasteiger partial charge >= 0.3 is 0 Å². The number of hydrogen-bond acceptors (Lipinski definition) is 1. The van der Waals surface area contributed by atoms with Crippen LogP contribution in [0.1, 0.15) is 26.7 Å². The van der Waals surface area contributed by atoms with Crippen molar-refractivity contribution in [1.29, 1.82) is 0 Å². The van der Waals surface area contributed by atoms with Crippen molar-refractivity contribution in [2.75, 3.05) is 0 Å². The number of hydrogen-bond donors (Lipinski definition) is 0. The zero-order valence-corrected chi connectivity index (χ0v) is 10.2. The van der Waals surface area contributed by atoms with Gasteiger partial charge in [-0.3, -0.25) is 4.79 Å². The topological polar surface area (TPSA) is 17.1 Å². The third kappa shape index (κ3) is 3.65.